The number of methoxy groups -OCH3 is 1. The number of allylic oxidation sites excluding steroid dienone is 1. The first kappa shape index (κ1) is 21.0. The molecule has 8 heteroatoms. The van der Waals surface area contributed by atoms with Gasteiger partial charge in [0.1, 0.15) is 0 Å². The molecule has 1 aliphatic rings. The Morgan fingerprint density at radius 1 is 1.17 bits per heavy atom. The van der Waals surface area contributed by atoms with Gasteiger partial charge in [0.15, 0.2) is 4.80 Å². The van der Waals surface area contributed by atoms with E-state index in [1.807, 2.05) is 54.6 Å². The molecule has 1 unspecified atom stereocenters. The van der Waals surface area contributed by atoms with E-state index in [1.54, 1.807) is 11.5 Å². The molecule has 0 spiro atoms. The molecule has 0 saturated carbocycles. The summed E-state index contributed by atoms with van der Waals surface area (Å²) >= 11 is 8.21. The van der Waals surface area contributed by atoms with Crippen LogP contribution in [0.1, 0.15) is 24.1 Å². The number of hydrogen-bond donors (Lipinski definition) is 0. The number of ether oxygens (including phenoxy) is 1. The first-order valence-electron chi connectivity index (χ1n) is 9.01. The molecule has 0 N–H and O–H groups in total. The molecule has 0 bridgehead atoms. The van der Waals surface area contributed by atoms with Gasteiger partial charge < -0.3 is 4.74 Å². The van der Waals surface area contributed by atoms with Crippen LogP contribution in [0.15, 0.2) is 78.5 Å². The molecule has 1 aliphatic heterocycles. The van der Waals surface area contributed by atoms with Gasteiger partial charge >= 0.3 is 5.97 Å². The third-order valence-corrected chi connectivity index (χ3v) is 6.76. The Kier molecular flexibility index (Phi) is 5.90. The van der Waals surface area contributed by atoms with Crippen molar-refractivity contribution in [2.45, 2.75) is 13.0 Å². The van der Waals surface area contributed by atoms with Crippen molar-refractivity contribution in [1.29, 1.82) is 0 Å². The van der Waals surface area contributed by atoms with E-state index in [4.69, 9.17) is 4.74 Å². The van der Waals surface area contributed by atoms with Gasteiger partial charge in [-0.1, -0.05) is 67.5 Å². The summed E-state index contributed by atoms with van der Waals surface area (Å²) < 4.78 is 8.97. The number of esters is 1. The molecule has 30 heavy (non-hydrogen) atoms. The Bertz CT molecular complexity index is 1350. The molecule has 0 radical (unpaired) electrons. The van der Waals surface area contributed by atoms with E-state index in [0.29, 0.717) is 20.6 Å². The van der Waals surface area contributed by atoms with E-state index in [0.717, 1.165) is 20.1 Å². The Labute approximate surface area is 193 Å². The molecule has 1 atom stereocenters. The molecule has 2 heterocycles. The van der Waals surface area contributed by atoms with Gasteiger partial charge in [-0.05, 0) is 48.4 Å². The predicted molar refractivity (Wildman–Crippen MR) is 124 cm³/mol. The van der Waals surface area contributed by atoms with Crippen LogP contribution < -0.4 is 14.9 Å². The van der Waals surface area contributed by atoms with Gasteiger partial charge in [-0.15, -0.1) is 0 Å². The van der Waals surface area contributed by atoms with Gasteiger partial charge in [0.25, 0.3) is 5.56 Å². The Morgan fingerprint density at radius 2 is 1.90 bits per heavy atom. The SMILES string of the molecule is COC(=O)C1=C(C)N=c2sc(=Cc3ccc(Br)cc3)c(=O)n2C1c1cccc(Br)c1. The van der Waals surface area contributed by atoms with Crippen molar-refractivity contribution in [3.63, 3.8) is 0 Å². The largest absolute Gasteiger partial charge is 0.466 e. The maximum Gasteiger partial charge on any atom is 0.338 e. The number of hydrogen-bond acceptors (Lipinski definition) is 5. The zero-order valence-electron chi connectivity index (χ0n) is 16.1. The molecule has 5 nitrogen and oxygen atoms in total. The highest BCUT2D eigenvalue weighted by molar-refractivity contribution is 9.10. The zero-order valence-corrected chi connectivity index (χ0v) is 20.0. The first-order chi connectivity index (χ1) is 14.4. The van der Waals surface area contributed by atoms with Crippen LogP contribution in [0.25, 0.3) is 6.08 Å². The molecular formula is C22H16Br2N2O3S. The summed E-state index contributed by atoms with van der Waals surface area (Å²) in [5.41, 5.74) is 2.42. The number of aromatic nitrogens is 1. The van der Waals surface area contributed by atoms with Crippen molar-refractivity contribution in [2.75, 3.05) is 7.11 Å². The van der Waals surface area contributed by atoms with Crippen LogP contribution in [-0.4, -0.2) is 17.6 Å². The summed E-state index contributed by atoms with van der Waals surface area (Å²) in [6, 6.07) is 14.7. The number of rotatable bonds is 3. The van der Waals surface area contributed by atoms with Gasteiger partial charge in [0.2, 0.25) is 0 Å². The Balaban J connectivity index is 1.98. The summed E-state index contributed by atoms with van der Waals surface area (Å²) in [5.74, 6) is -0.497. The molecular weight excluding hydrogens is 532 g/mol. The number of fused-ring (bicyclic) bond motifs is 1. The molecule has 1 aromatic heterocycles. The maximum atomic E-state index is 13.4. The second-order valence-electron chi connectivity index (χ2n) is 6.68. The minimum Gasteiger partial charge on any atom is -0.466 e. The number of benzene rings is 2. The van der Waals surface area contributed by atoms with Crippen molar-refractivity contribution >= 4 is 55.2 Å². The molecule has 3 aromatic rings. The van der Waals surface area contributed by atoms with Gasteiger partial charge in [0, 0.05) is 8.95 Å². The second-order valence-corrected chi connectivity index (χ2v) is 9.52. The lowest BCUT2D eigenvalue weighted by Crippen LogP contribution is -2.39. The quantitative estimate of drug-likeness (QED) is 0.467. The van der Waals surface area contributed by atoms with E-state index in [-0.39, 0.29) is 5.56 Å². The predicted octanol–water partition coefficient (Wildman–Crippen LogP) is 3.93. The van der Waals surface area contributed by atoms with Gasteiger partial charge in [0.05, 0.1) is 29.0 Å². The van der Waals surface area contributed by atoms with Crippen molar-refractivity contribution in [3.05, 3.63) is 99.6 Å². The molecule has 4 rings (SSSR count). The van der Waals surface area contributed by atoms with E-state index in [1.165, 1.54) is 18.4 Å². The lowest BCUT2D eigenvalue weighted by atomic mass is 9.96. The second kappa shape index (κ2) is 8.45. The van der Waals surface area contributed by atoms with E-state index in [9.17, 15) is 9.59 Å². The zero-order chi connectivity index (χ0) is 21.4. The molecule has 0 saturated heterocycles. The third kappa shape index (κ3) is 3.87. The monoisotopic (exact) mass is 546 g/mol. The number of carbonyl (C=O) groups excluding carboxylic acids is 1. The standard InChI is InChI=1S/C22H16Br2N2O3S/c1-12-18(21(28)29-2)19(14-4-3-5-16(24)11-14)26-20(27)17(30-22(26)25-12)10-13-6-8-15(23)9-7-13/h3-11,19H,1-2H3. The smallest absolute Gasteiger partial charge is 0.338 e. The van der Waals surface area contributed by atoms with Crippen LogP contribution in [0.3, 0.4) is 0 Å². The number of halogens is 2. The van der Waals surface area contributed by atoms with Crippen LogP contribution >= 0.6 is 43.2 Å². The van der Waals surface area contributed by atoms with Crippen molar-refractivity contribution in [3.8, 4) is 0 Å². The fraction of sp³-hybridized carbons (Fsp3) is 0.136. The minimum absolute atomic E-state index is 0.194. The maximum absolute atomic E-state index is 13.4. The fourth-order valence-electron chi connectivity index (χ4n) is 3.40. The summed E-state index contributed by atoms with van der Waals surface area (Å²) in [5, 5.41) is 0. The molecule has 2 aromatic carbocycles. The summed E-state index contributed by atoms with van der Waals surface area (Å²) in [6.45, 7) is 1.77. The van der Waals surface area contributed by atoms with Gasteiger partial charge in [-0.2, -0.15) is 0 Å². The van der Waals surface area contributed by atoms with E-state index >= 15 is 0 Å². The highest BCUT2D eigenvalue weighted by Crippen LogP contribution is 2.31. The van der Waals surface area contributed by atoms with Crippen molar-refractivity contribution < 1.29 is 9.53 Å². The summed E-state index contributed by atoms with van der Waals surface area (Å²) in [7, 11) is 1.33. The molecule has 152 valence electrons. The Hall–Kier alpha value is -2.29. The van der Waals surface area contributed by atoms with Crippen molar-refractivity contribution in [2.24, 2.45) is 4.99 Å². The highest BCUT2D eigenvalue weighted by atomic mass is 79.9. The topological polar surface area (TPSA) is 60.7 Å². The van der Waals surface area contributed by atoms with Crippen LogP contribution in [0.5, 0.6) is 0 Å². The normalized spacial score (nSPS) is 16.3. The first-order valence-corrected chi connectivity index (χ1v) is 11.4. The summed E-state index contributed by atoms with van der Waals surface area (Å²) in [6.07, 6.45) is 1.84. The van der Waals surface area contributed by atoms with Crippen molar-refractivity contribution in [1.82, 2.24) is 4.57 Å². The molecule has 0 fully saturated rings. The van der Waals surface area contributed by atoms with E-state index < -0.39 is 12.0 Å². The number of nitrogens with zero attached hydrogens (tertiary/aromatic N) is 2. The van der Waals surface area contributed by atoms with Crippen LogP contribution in [0, 0.1) is 0 Å². The fourth-order valence-corrected chi connectivity index (χ4v) is 5.12. The van der Waals surface area contributed by atoms with Crippen LogP contribution in [0.2, 0.25) is 0 Å². The molecule has 0 aliphatic carbocycles. The average molecular weight is 548 g/mol. The number of thiazole rings is 1. The van der Waals surface area contributed by atoms with Gasteiger partial charge in [-0.25, -0.2) is 9.79 Å². The lowest BCUT2D eigenvalue weighted by Gasteiger charge is -2.24. The lowest BCUT2D eigenvalue weighted by molar-refractivity contribution is -0.136. The Morgan fingerprint density at radius 3 is 2.57 bits per heavy atom. The van der Waals surface area contributed by atoms with Gasteiger partial charge in [-0.3, -0.25) is 9.36 Å². The average Bonchev–Trinajstić information content (AvgIpc) is 3.03. The van der Waals surface area contributed by atoms with Crippen LogP contribution in [-0.2, 0) is 9.53 Å². The van der Waals surface area contributed by atoms with Crippen LogP contribution in [0.4, 0.5) is 0 Å². The summed E-state index contributed by atoms with van der Waals surface area (Å²) in [4.78, 5) is 31.1. The third-order valence-electron chi connectivity index (χ3n) is 4.76. The van der Waals surface area contributed by atoms with E-state index in [2.05, 4.69) is 36.9 Å². The number of carbonyl (C=O) groups is 1. The highest BCUT2D eigenvalue weighted by Gasteiger charge is 2.33. The molecule has 0 amide bonds. The minimum atomic E-state index is -0.613.